The summed E-state index contributed by atoms with van der Waals surface area (Å²) in [6, 6.07) is 47.2. The van der Waals surface area contributed by atoms with Crippen LogP contribution in [0.25, 0.3) is 84.5 Å². The Kier molecular flexibility index (Phi) is 8.94. The molecule has 68 heavy (non-hydrogen) atoms. The minimum absolute atomic E-state index is 0.192. The highest BCUT2D eigenvalue weighted by Gasteiger charge is 2.32. The van der Waals surface area contributed by atoms with Gasteiger partial charge in [0.1, 0.15) is 12.1 Å². The largest absolute Gasteiger partial charge is 0.329 e. The number of aromatic nitrogens is 3. The van der Waals surface area contributed by atoms with Crippen LogP contribution in [0.1, 0.15) is 69.6 Å². The van der Waals surface area contributed by atoms with Crippen molar-refractivity contribution in [2.75, 3.05) is 4.90 Å². The molecule has 3 aliphatic carbocycles. The normalized spacial score (nSPS) is 15.9. The molecule has 1 aliphatic heterocycles. The quantitative estimate of drug-likeness (QED) is 0.156. The molecule has 9 aromatic rings. The molecule has 1 atom stereocenters. The van der Waals surface area contributed by atoms with Gasteiger partial charge in [0, 0.05) is 61.1 Å². The molecule has 0 radical (unpaired) electrons. The minimum Gasteiger partial charge on any atom is -0.329 e. The van der Waals surface area contributed by atoms with Gasteiger partial charge in [0.05, 0.1) is 50.6 Å². The second-order valence-corrected chi connectivity index (χ2v) is 18.2. The Labute approximate surface area is 394 Å². The van der Waals surface area contributed by atoms with Crippen LogP contribution >= 0.6 is 0 Å². The lowest BCUT2D eigenvalue weighted by Crippen LogP contribution is -2.32. The van der Waals surface area contributed by atoms with E-state index in [0.29, 0.717) is 22.5 Å². The SMILES string of the molecule is C=C(/C=C\c1c(C)c2c3c4c(n(C5=CC=CCC5)c3ccc2n1-c1cc(C#N)c(N2c3ccccc3C3=CC2C=Cc2ccccc23)cc1C#N)CCC=C4)n1c2ccccc2c2ccccc21. The van der Waals surface area contributed by atoms with Crippen molar-refractivity contribution in [3.63, 3.8) is 0 Å². The van der Waals surface area contributed by atoms with Crippen LogP contribution in [0.5, 0.6) is 0 Å². The lowest BCUT2D eigenvalue weighted by molar-refractivity contribution is 0.863. The Balaban J connectivity index is 1.05. The van der Waals surface area contributed by atoms with Crippen molar-refractivity contribution in [3.8, 4) is 17.8 Å². The van der Waals surface area contributed by atoms with Crippen LogP contribution in [0.2, 0.25) is 0 Å². The van der Waals surface area contributed by atoms with E-state index in [-0.39, 0.29) is 6.04 Å². The fourth-order valence-electron chi connectivity index (χ4n) is 11.6. The van der Waals surface area contributed by atoms with Crippen LogP contribution in [0.4, 0.5) is 11.4 Å². The third-order valence-electron chi connectivity index (χ3n) is 14.6. The fourth-order valence-corrected chi connectivity index (χ4v) is 11.6. The van der Waals surface area contributed by atoms with Gasteiger partial charge >= 0.3 is 0 Å². The Hall–Kier alpha value is -8.84. The smallest absolute Gasteiger partial charge is 0.101 e. The molecule has 0 N–H and O–H groups in total. The number of benzene rings is 6. The van der Waals surface area contributed by atoms with Crippen LogP contribution in [-0.2, 0) is 6.42 Å². The van der Waals surface area contributed by atoms with Gasteiger partial charge in [-0.2, -0.15) is 10.5 Å². The van der Waals surface area contributed by atoms with E-state index in [0.717, 1.165) is 81.4 Å². The first kappa shape index (κ1) is 39.5. The first-order chi connectivity index (χ1) is 33.5. The highest BCUT2D eigenvalue weighted by molar-refractivity contribution is 6.15. The highest BCUT2D eigenvalue weighted by atomic mass is 15.2. The zero-order chi connectivity index (χ0) is 45.6. The van der Waals surface area contributed by atoms with Crippen LogP contribution in [0, 0.1) is 29.6 Å². The monoisotopic (exact) mass is 872 g/mol. The van der Waals surface area contributed by atoms with Crippen LogP contribution in [-0.4, -0.2) is 19.7 Å². The standard InChI is InChI=1S/C62H44N6/c1-39(65-53-24-12-8-20-47(53)48-21-9-13-25-54(48)65)28-31-52-40(2)61-57(32-33-58-62(61)50-23-11-15-27-56(50)66(58)44-17-4-3-5-18-44)68(52)60-35-42(37-63)59(34-43(60)38-64)67-45-30-29-41-16-6-7-19-46(41)51(36-45)49-22-10-14-26-55(49)67/h3-4,6-14,16-17,19-26,28-36,45H,1,5,15,18,27H2,2H3/b31-28-. The second kappa shape index (κ2) is 15.4. The van der Waals surface area contributed by atoms with Gasteiger partial charge in [-0.15, -0.1) is 0 Å². The van der Waals surface area contributed by atoms with Gasteiger partial charge in [-0.3, -0.25) is 0 Å². The number of hydrogen-bond acceptors (Lipinski definition) is 3. The number of aryl methyl sites for hydroxylation is 1. The molecule has 0 fully saturated rings. The Morgan fingerprint density at radius 3 is 2.12 bits per heavy atom. The Morgan fingerprint density at radius 1 is 0.676 bits per heavy atom. The third-order valence-corrected chi connectivity index (χ3v) is 14.6. The molecule has 3 aromatic heterocycles. The lowest BCUT2D eigenvalue weighted by Gasteiger charge is -2.36. The molecule has 6 heteroatoms. The first-order valence-electron chi connectivity index (χ1n) is 23.5. The van der Waals surface area contributed by atoms with Gasteiger partial charge < -0.3 is 18.6 Å². The number of rotatable bonds is 6. The summed E-state index contributed by atoms with van der Waals surface area (Å²) in [6.07, 6.45) is 26.2. The van der Waals surface area contributed by atoms with E-state index in [4.69, 9.17) is 0 Å². The molecule has 0 saturated carbocycles. The molecule has 6 aromatic carbocycles. The van der Waals surface area contributed by atoms with Crippen molar-refractivity contribution in [1.29, 1.82) is 10.5 Å². The average molecular weight is 873 g/mol. The van der Waals surface area contributed by atoms with Crippen molar-refractivity contribution in [2.24, 2.45) is 0 Å². The number of anilines is 2. The van der Waals surface area contributed by atoms with Crippen molar-refractivity contribution in [2.45, 2.75) is 38.6 Å². The molecule has 0 saturated heterocycles. The predicted octanol–water partition coefficient (Wildman–Crippen LogP) is 15.1. The van der Waals surface area contributed by atoms with Gasteiger partial charge in [0.25, 0.3) is 0 Å². The summed E-state index contributed by atoms with van der Waals surface area (Å²) >= 11 is 0. The summed E-state index contributed by atoms with van der Waals surface area (Å²) in [6.45, 7) is 6.89. The molecule has 4 heterocycles. The van der Waals surface area contributed by atoms with Crippen LogP contribution in [0.3, 0.4) is 0 Å². The van der Waals surface area contributed by atoms with Gasteiger partial charge in [-0.25, -0.2) is 0 Å². The molecule has 0 spiro atoms. The molecular weight excluding hydrogens is 829 g/mol. The summed E-state index contributed by atoms with van der Waals surface area (Å²) in [5.74, 6) is 0. The molecule has 0 amide bonds. The molecular formula is C62H44N6. The van der Waals surface area contributed by atoms with E-state index in [1.165, 1.54) is 49.8 Å². The maximum atomic E-state index is 11.3. The molecule has 6 nitrogen and oxygen atoms in total. The molecule has 13 rings (SSSR count). The van der Waals surface area contributed by atoms with Crippen molar-refractivity contribution < 1.29 is 0 Å². The summed E-state index contributed by atoms with van der Waals surface area (Å²) in [5, 5.41) is 27.3. The Bertz CT molecular complexity index is 3930. The van der Waals surface area contributed by atoms with E-state index in [1.54, 1.807) is 0 Å². The van der Waals surface area contributed by atoms with Gasteiger partial charge in [-0.1, -0.05) is 122 Å². The average Bonchev–Trinajstić information content (AvgIpc) is 3.97. The zero-order valence-electron chi connectivity index (χ0n) is 37.6. The fraction of sp³-hybridized carbons (Fsp3) is 0.0968. The van der Waals surface area contributed by atoms with E-state index >= 15 is 0 Å². The summed E-state index contributed by atoms with van der Waals surface area (Å²) in [7, 11) is 0. The molecule has 4 aliphatic rings. The number of para-hydroxylation sites is 3. The van der Waals surface area contributed by atoms with Gasteiger partial charge in [0.2, 0.25) is 0 Å². The summed E-state index contributed by atoms with van der Waals surface area (Å²) < 4.78 is 6.95. The third kappa shape index (κ3) is 5.74. The molecule has 1 unspecified atom stereocenters. The number of fused-ring (bicyclic) bond motifs is 13. The number of nitriles is 2. The minimum atomic E-state index is -0.192. The lowest BCUT2D eigenvalue weighted by atomic mass is 9.89. The Morgan fingerprint density at radius 2 is 1.35 bits per heavy atom. The summed E-state index contributed by atoms with van der Waals surface area (Å²) in [5.41, 5.74) is 18.9. The van der Waals surface area contributed by atoms with E-state index in [9.17, 15) is 10.5 Å². The van der Waals surface area contributed by atoms with Crippen molar-refractivity contribution >= 4 is 90.2 Å². The molecule has 2 bridgehead atoms. The van der Waals surface area contributed by atoms with E-state index < -0.39 is 0 Å². The topological polar surface area (TPSA) is 65.6 Å². The van der Waals surface area contributed by atoms with Gasteiger partial charge in [-0.05, 0) is 122 Å². The number of hydrogen-bond donors (Lipinski definition) is 0. The van der Waals surface area contributed by atoms with E-state index in [1.807, 2.05) is 12.1 Å². The highest BCUT2D eigenvalue weighted by Crippen LogP contribution is 2.48. The van der Waals surface area contributed by atoms with Crippen molar-refractivity contribution in [3.05, 3.63) is 221 Å². The maximum absolute atomic E-state index is 11.3. The molecule has 322 valence electrons. The number of nitrogens with zero attached hydrogens (tertiary/aromatic N) is 6. The first-order valence-corrected chi connectivity index (χ1v) is 23.5. The number of allylic oxidation sites excluding steroid dienone is 7. The van der Waals surface area contributed by atoms with E-state index in [2.05, 4.69) is 214 Å². The summed E-state index contributed by atoms with van der Waals surface area (Å²) in [4.78, 5) is 2.22. The van der Waals surface area contributed by atoms with Crippen LogP contribution in [0.15, 0.2) is 170 Å². The maximum Gasteiger partial charge on any atom is 0.101 e. The zero-order valence-corrected chi connectivity index (χ0v) is 37.6. The van der Waals surface area contributed by atoms with Crippen LogP contribution < -0.4 is 4.90 Å². The van der Waals surface area contributed by atoms with Crippen molar-refractivity contribution in [1.82, 2.24) is 13.7 Å². The predicted molar refractivity (Wildman–Crippen MR) is 282 cm³/mol. The second-order valence-electron chi connectivity index (χ2n) is 18.2. The van der Waals surface area contributed by atoms with Gasteiger partial charge in [0.15, 0.2) is 0 Å².